The highest BCUT2D eigenvalue weighted by atomic mass is 16.7. The molecule has 7 atom stereocenters. The van der Waals surface area contributed by atoms with Crippen molar-refractivity contribution in [1.82, 2.24) is 0 Å². The van der Waals surface area contributed by atoms with Crippen LogP contribution in [0.25, 0.3) is 0 Å². The minimum atomic E-state index is -1.79. The molecule has 1 aliphatic heterocycles. The summed E-state index contributed by atoms with van der Waals surface area (Å²) in [4.78, 5) is 22.5. The fourth-order valence-corrected chi connectivity index (χ4v) is 2.80. The largest absolute Gasteiger partial charge is 0.481 e. The molecule has 0 spiro atoms. The maximum absolute atomic E-state index is 11.8. The van der Waals surface area contributed by atoms with E-state index in [0.717, 1.165) is 6.42 Å². The highest BCUT2D eigenvalue weighted by Gasteiger charge is 2.45. The molecule has 10 nitrogen and oxygen atoms in total. The number of hydrogen-bond donors (Lipinski definition) is 5. The van der Waals surface area contributed by atoms with Crippen LogP contribution in [-0.2, 0) is 23.8 Å². The van der Waals surface area contributed by atoms with E-state index in [4.69, 9.17) is 19.3 Å². The van der Waals surface area contributed by atoms with Crippen molar-refractivity contribution in [2.75, 3.05) is 6.61 Å². The summed E-state index contributed by atoms with van der Waals surface area (Å²) in [6, 6.07) is 0. The SMILES string of the molecule is CCC[C@H](C)OC1OC(COC(=O)C[C@](C)(O)CC(=O)O)C(O)C(O)C1O. The molecule has 5 unspecified atom stereocenters. The van der Waals surface area contributed by atoms with Crippen molar-refractivity contribution in [3.63, 3.8) is 0 Å². The molecule has 158 valence electrons. The van der Waals surface area contributed by atoms with Gasteiger partial charge in [-0.2, -0.15) is 0 Å². The van der Waals surface area contributed by atoms with Gasteiger partial charge in [0.15, 0.2) is 6.29 Å². The Morgan fingerprint density at radius 3 is 2.33 bits per heavy atom. The van der Waals surface area contributed by atoms with E-state index in [2.05, 4.69) is 0 Å². The molecule has 1 heterocycles. The Kier molecular flexibility index (Phi) is 9.06. The Labute approximate surface area is 157 Å². The first-order valence-corrected chi connectivity index (χ1v) is 8.91. The van der Waals surface area contributed by atoms with Gasteiger partial charge in [-0.1, -0.05) is 13.3 Å². The van der Waals surface area contributed by atoms with Gasteiger partial charge in [-0.05, 0) is 20.3 Å². The summed E-state index contributed by atoms with van der Waals surface area (Å²) in [6.07, 6.45) is -6.84. The normalized spacial score (nSPS) is 31.7. The van der Waals surface area contributed by atoms with Crippen LogP contribution in [0.15, 0.2) is 0 Å². The molecule has 1 fully saturated rings. The summed E-state index contributed by atoms with van der Waals surface area (Å²) < 4.78 is 15.9. The monoisotopic (exact) mass is 394 g/mol. The Balaban J connectivity index is 2.61. The fraction of sp³-hybridized carbons (Fsp3) is 0.882. The smallest absolute Gasteiger partial charge is 0.308 e. The van der Waals surface area contributed by atoms with Crippen LogP contribution in [0.5, 0.6) is 0 Å². The summed E-state index contributed by atoms with van der Waals surface area (Å²) in [5.41, 5.74) is -1.79. The van der Waals surface area contributed by atoms with Gasteiger partial charge < -0.3 is 39.7 Å². The van der Waals surface area contributed by atoms with Crippen molar-refractivity contribution in [3.8, 4) is 0 Å². The van der Waals surface area contributed by atoms with E-state index in [0.29, 0.717) is 6.42 Å². The topological polar surface area (TPSA) is 163 Å². The summed E-state index contributed by atoms with van der Waals surface area (Å²) in [6.45, 7) is 4.46. The molecule has 0 aliphatic carbocycles. The van der Waals surface area contributed by atoms with E-state index in [1.807, 2.05) is 6.92 Å². The Bertz CT molecular complexity index is 494. The zero-order valence-electron chi connectivity index (χ0n) is 15.8. The molecule has 0 amide bonds. The maximum Gasteiger partial charge on any atom is 0.308 e. The molecule has 0 aromatic rings. The van der Waals surface area contributed by atoms with Crippen LogP contribution in [0.4, 0.5) is 0 Å². The second-order valence-corrected chi connectivity index (χ2v) is 7.18. The van der Waals surface area contributed by atoms with Gasteiger partial charge in [0.2, 0.25) is 0 Å². The highest BCUT2D eigenvalue weighted by molar-refractivity contribution is 5.73. The van der Waals surface area contributed by atoms with Crippen LogP contribution in [0.1, 0.15) is 46.5 Å². The van der Waals surface area contributed by atoms with Gasteiger partial charge in [0.05, 0.1) is 24.5 Å². The summed E-state index contributed by atoms with van der Waals surface area (Å²) in [5.74, 6) is -2.16. The molecule has 0 radical (unpaired) electrons. The number of aliphatic hydroxyl groups is 4. The van der Waals surface area contributed by atoms with Gasteiger partial charge >= 0.3 is 11.9 Å². The molecular formula is C17H30O10. The predicted molar refractivity (Wildman–Crippen MR) is 90.6 cm³/mol. The third kappa shape index (κ3) is 7.68. The molecule has 10 heteroatoms. The predicted octanol–water partition coefficient (Wildman–Crippen LogP) is -0.842. The van der Waals surface area contributed by atoms with Crippen LogP contribution in [0.3, 0.4) is 0 Å². The lowest BCUT2D eigenvalue weighted by molar-refractivity contribution is -0.310. The molecule has 1 saturated heterocycles. The number of carboxylic acids is 1. The molecule has 0 bridgehead atoms. The number of aliphatic carboxylic acids is 1. The van der Waals surface area contributed by atoms with Crippen LogP contribution in [0.2, 0.25) is 0 Å². The molecular weight excluding hydrogens is 364 g/mol. The lowest BCUT2D eigenvalue weighted by Gasteiger charge is -2.40. The second kappa shape index (κ2) is 10.3. The first-order chi connectivity index (χ1) is 12.5. The van der Waals surface area contributed by atoms with Gasteiger partial charge in [-0.15, -0.1) is 0 Å². The zero-order chi connectivity index (χ0) is 20.8. The van der Waals surface area contributed by atoms with Crippen LogP contribution >= 0.6 is 0 Å². The number of carboxylic acid groups (broad SMARTS) is 1. The third-order valence-electron chi connectivity index (χ3n) is 4.20. The van der Waals surface area contributed by atoms with Gasteiger partial charge in [-0.25, -0.2) is 0 Å². The van der Waals surface area contributed by atoms with Crippen molar-refractivity contribution >= 4 is 11.9 Å². The van der Waals surface area contributed by atoms with Crippen LogP contribution in [-0.4, -0.2) is 86.5 Å². The van der Waals surface area contributed by atoms with E-state index in [1.54, 1.807) is 6.92 Å². The number of ether oxygens (including phenoxy) is 3. The first kappa shape index (κ1) is 23.7. The molecule has 5 N–H and O–H groups in total. The van der Waals surface area contributed by atoms with Crippen molar-refractivity contribution < 1.29 is 49.3 Å². The molecule has 1 rings (SSSR count). The fourth-order valence-electron chi connectivity index (χ4n) is 2.80. The Hall–Kier alpha value is -1.30. The van der Waals surface area contributed by atoms with Crippen molar-refractivity contribution in [2.24, 2.45) is 0 Å². The summed E-state index contributed by atoms with van der Waals surface area (Å²) in [5, 5.41) is 48.5. The summed E-state index contributed by atoms with van der Waals surface area (Å²) >= 11 is 0. The number of rotatable bonds is 10. The highest BCUT2D eigenvalue weighted by Crippen LogP contribution is 2.24. The van der Waals surface area contributed by atoms with Crippen LogP contribution in [0, 0.1) is 0 Å². The van der Waals surface area contributed by atoms with E-state index >= 15 is 0 Å². The number of carbonyl (C=O) groups is 2. The zero-order valence-corrected chi connectivity index (χ0v) is 15.8. The molecule has 1 aliphatic rings. The van der Waals surface area contributed by atoms with Gasteiger partial charge in [0.1, 0.15) is 31.0 Å². The van der Waals surface area contributed by atoms with Crippen molar-refractivity contribution in [1.29, 1.82) is 0 Å². The lowest BCUT2D eigenvalue weighted by atomic mass is 9.98. The molecule has 0 saturated carbocycles. The lowest BCUT2D eigenvalue weighted by Crippen LogP contribution is -2.59. The number of aliphatic hydroxyl groups excluding tert-OH is 3. The molecule has 0 aromatic heterocycles. The second-order valence-electron chi connectivity index (χ2n) is 7.18. The van der Waals surface area contributed by atoms with Gasteiger partial charge in [-0.3, -0.25) is 9.59 Å². The van der Waals surface area contributed by atoms with E-state index in [1.165, 1.54) is 6.92 Å². The van der Waals surface area contributed by atoms with Gasteiger partial charge in [0, 0.05) is 0 Å². The molecule has 27 heavy (non-hydrogen) atoms. The minimum absolute atomic E-state index is 0.258. The maximum atomic E-state index is 11.8. The van der Waals surface area contributed by atoms with E-state index < -0.39 is 67.7 Å². The third-order valence-corrected chi connectivity index (χ3v) is 4.20. The minimum Gasteiger partial charge on any atom is -0.481 e. The average Bonchev–Trinajstić information content (AvgIpc) is 2.52. The quantitative estimate of drug-likeness (QED) is 0.295. The standard InChI is InChI=1S/C17H30O10/c1-4-5-9(2)26-16-15(23)14(22)13(21)10(27-16)8-25-12(20)7-17(3,24)6-11(18)19/h9-10,13-16,21-24H,4-8H2,1-3H3,(H,18,19)/t9-,10?,13?,14?,15?,16?,17+/m0/s1. The van der Waals surface area contributed by atoms with Crippen LogP contribution < -0.4 is 0 Å². The number of hydrogen-bond acceptors (Lipinski definition) is 9. The van der Waals surface area contributed by atoms with E-state index in [-0.39, 0.29) is 6.10 Å². The first-order valence-electron chi connectivity index (χ1n) is 8.91. The number of esters is 1. The Morgan fingerprint density at radius 1 is 1.15 bits per heavy atom. The van der Waals surface area contributed by atoms with Gasteiger partial charge in [0.25, 0.3) is 0 Å². The Morgan fingerprint density at radius 2 is 1.78 bits per heavy atom. The molecule has 0 aromatic carbocycles. The summed E-state index contributed by atoms with van der Waals surface area (Å²) in [7, 11) is 0. The van der Waals surface area contributed by atoms with Crippen molar-refractivity contribution in [2.45, 2.75) is 88.9 Å². The average molecular weight is 394 g/mol. The number of carbonyl (C=O) groups excluding carboxylic acids is 1. The van der Waals surface area contributed by atoms with Crippen molar-refractivity contribution in [3.05, 3.63) is 0 Å². The van der Waals surface area contributed by atoms with E-state index in [9.17, 15) is 30.0 Å².